The molecule has 1 N–H and O–H groups in total. The minimum absolute atomic E-state index is 0.0199. The fraction of sp³-hybridized carbons (Fsp3) is 0.333. The summed E-state index contributed by atoms with van der Waals surface area (Å²) in [6, 6.07) is 1.12. The van der Waals surface area contributed by atoms with Crippen LogP contribution in [0.5, 0.6) is 0 Å². The van der Waals surface area contributed by atoms with Gasteiger partial charge in [-0.2, -0.15) is 26.3 Å². The van der Waals surface area contributed by atoms with Gasteiger partial charge in [-0.3, -0.25) is 0 Å². The molecule has 0 saturated carbocycles. The predicted molar refractivity (Wildman–Crippen MR) is 68.3 cm³/mol. The highest BCUT2D eigenvalue weighted by Crippen LogP contribution is 2.36. The Balaban J connectivity index is 3.11. The molecule has 0 aliphatic rings. The quantitative estimate of drug-likeness (QED) is 0.850. The summed E-state index contributed by atoms with van der Waals surface area (Å²) >= 11 is 0. The highest BCUT2D eigenvalue weighted by molar-refractivity contribution is 7.88. The van der Waals surface area contributed by atoms with Crippen molar-refractivity contribution in [3.63, 3.8) is 0 Å². The van der Waals surface area contributed by atoms with E-state index in [-0.39, 0.29) is 18.2 Å². The van der Waals surface area contributed by atoms with Crippen LogP contribution in [0.1, 0.15) is 16.7 Å². The van der Waals surface area contributed by atoms with Crippen LogP contribution in [0.15, 0.2) is 24.3 Å². The van der Waals surface area contributed by atoms with E-state index in [1.54, 1.807) is 0 Å². The first-order valence-corrected chi connectivity index (χ1v) is 7.59. The largest absolute Gasteiger partial charge is 0.416 e. The molecule has 0 aliphatic heterocycles. The molecule has 0 heterocycles. The molecule has 1 aromatic rings. The van der Waals surface area contributed by atoms with Crippen molar-refractivity contribution in [1.29, 1.82) is 0 Å². The Morgan fingerprint density at radius 1 is 1.00 bits per heavy atom. The van der Waals surface area contributed by atoms with Crippen molar-refractivity contribution < 1.29 is 34.8 Å². The first-order chi connectivity index (χ1) is 9.79. The van der Waals surface area contributed by atoms with Gasteiger partial charge >= 0.3 is 12.4 Å². The average Bonchev–Trinajstić information content (AvgIpc) is 2.31. The number of halogens is 6. The Hall–Kier alpha value is -1.55. The van der Waals surface area contributed by atoms with Crippen LogP contribution < -0.4 is 4.72 Å². The van der Waals surface area contributed by atoms with Gasteiger partial charge in [0.05, 0.1) is 17.4 Å². The summed E-state index contributed by atoms with van der Waals surface area (Å²) in [4.78, 5) is 0. The van der Waals surface area contributed by atoms with Gasteiger partial charge in [0.2, 0.25) is 10.0 Å². The fourth-order valence-electron chi connectivity index (χ4n) is 1.47. The molecule has 124 valence electrons. The van der Waals surface area contributed by atoms with Crippen LogP contribution >= 0.6 is 0 Å². The lowest BCUT2D eigenvalue weighted by Crippen LogP contribution is -2.21. The van der Waals surface area contributed by atoms with Gasteiger partial charge in [-0.15, -0.1) is 0 Å². The van der Waals surface area contributed by atoms with E-state index in [1.807, 2.05) is 4.72 Å². The highest BCUT2D eigenvalue weighted by atomic mass is 32.2. The zero-order chi connectivity index (χ0) is 17.2. The van der Waals surface area contributed by atoms with Crippen molar-refractivity contribution in [1.82, 2.24) is 4.72 Å². The Labute approximate surface area is 122 Å². The molecule has 0 atom stereocenters. The van der Waals surface area contributed by atoms with Crippen LogP contribution in [0, 0.1) is 0 Å². The van der Waals surface area contributed by atoms with E-state index >= 15 is 0 Å². The van der Waals surface area contributed by atoms with E-state index < -0.39 is 33.5 Å². The molecule has 0 fully saturated rings. The van der Waals surface area contributed by atoms with Crippen LogP contribution in [0.4, 0.5) is 26.3 Å². The molecule has 0 bridgehead atoms. The molecule has 0 radical (unpaired) electrons. The second-order valence-electron chi connectivity index (χ2n) is 4.36. The van der Waals surface area contributed by atoms with Gasteiger partial charge < -0.3 is 0 Å². The van der Waals surface area contributed by atoms with Crippen molar-refractivity contribution in [3.8, 4) is 0 Å². The molecular formula is C12H11F6NO2S. The summed E-state index contributed by atoms with van der Waals surface area (Å²) < 4.78 is 99.2. The lowest BCUT2D eigenvalue weighted by molar-refractivity contribution is -0.143. The summed E-state index contributed by atoms with van der Waals surface area (Å²) in [7, 11) is -3.50. The van der Waals surface area contributed by atoms with Crippen LogP contribution in [-0.4, -0.2) is 21.2 Å². The van der Waals surface area contributed by atoms with Crippen molar-refractivity contribution in [2.45, 2.75) is 12.4 Å². The Morgan fingerprint density at radius 2 is 1.45 bits per heavy atom. The minimum Gasteiger partial charge on any atom is -0.213 e. The highest BCUT2D eigenvalue weighted by Gasteiger charge is 2.36. The first kappa shape index (κ1) is 18.5. The zero-order valence-corrected chi connectivity index (χ0v) is 11.9. The molecule has 0 saturated heterocycles. The van der Waals surface area contributed by atoms with Gasteiger partial charge in [0.15, 0.2) is 0 Å². The van der Waals surface area contributed by atoms with Gasteiger partial charge in [-0.05, 0) is 23.8 Å². The van der Waals surface area contributed by atoms with E-state index in [2.05, 4.69) is 0 Å². The number of benzene rings is 1. The van der Waals surface area contributed by atoms with Crippen LogP contribution in [0.25, 0.3) is 6.08 Å². The van der Waals surface area contributed by atoms with E-state index in [9.17, 15) is 34.8 Å². The van der Waals surface area contributed by atoms with E-state index in [1.165, 1.54) is 0 Å². The number of hydrogen-bond acceptors (Lipinski definition) is 2. The maximum atomic E-state index is 12.6. The SMILES string of the molecule is CS(=O)(=O)NCC=Cc1cc(C(F)(F)F)cc(C(F)(F)F)c1. The van der Waals surface area contributed by atoms with Gasteiger partial charge in [0.25, 0.3) is 0 Å². The normalized spacial score (nSPS) is 13.8. The standard InChI is InChI=1S/C12H11F6NO2S/c1-22(20,21)19-4-2-3-8-5-9(11(13,14)15)7-10(6-8)12(16,17)18/h2-3,5-7,19H,4H2,1H3. The molecule has 0 aromatic heterocycles. The molecule has 22 heavy (non-hydrogen) atoms. The predicted octanol–water partition coefficient (Wildman–Crippen LogP) is 3.29. The van der Waals surface area contributed by atoms with Crippen molar-refractivity contribution >= 4 is 16.1 Å². The molecule has 1 aromatic carbocycles. The molecule has 0 amide bonds. The monoisotopic (exact) mass is 347 g/mol. The van der Waals surface area contributed by atoms with Crippen molar-refractivity contribution in [2.75, 3.05) is 12.8 Å². The van der Waals surface area contributed by atoms with Crippen LogP contribution in [-0.2, 0) is 22.4 Å². The van der Waals surface area contributed by atoms with Crippen molar-refractivity contribution in [2.24, 2.45) is 0 Å². The van der Waals surface area contributed by atoms with Crippen LogP contribution in [0.2, 0.25) is 0 Å². The third-order valence-electron chi connectivity index (χ3n) is 2.38. The number of alkyl halides is 6. The third-order valence-corrected chi connectivity index (χ3v) is 3.07. The second kappa shape index (κ2) is 6.29. The number of rotatable bonds is 4. The molecule has 1 rings (SSSR count). The van der Waals surface area contributed by atoms with Gasteiger partial charge in [-0.1, -0.05) is 12.2 Å². The lowest BCUT2D eigenvalue weighted by Gasteiger charge is -2.12. The molecule has 0 aliphatic carbocycles. The maximum absolute atomic E-state index is 12.6. The Bertz CT molecular complexity index is 629. The zero-order valence-electron chi connectivity index (χ0n) is 11.1. The summed E-state index contributed by atoms with van der Waals surface area (Å²) in [5.74, 6) is 0. The van der Waals surface area contributed by atoms with Gasteiger partial charge in [-0.25, -0.2) is 13.1 Å². The second-order valence-corrected chi connectivity index (χ2v) is 6.20. The Morgan fingerprint density at radius 3 is 1.82 bits per heavy atom. The molecule has 0 unspecified atom stereocenters. The summed E-state index contributed by atoms with van der Waals surface area (Å²) in [5, 5.41) is 0. The Kier molecular flexibility index (Phi) is 5.29. The lowest BCUT2D eigenvalue weighted by atomic mass is 10.0. The fourth-order valence-corrected chi connectivity index (χ4v) is 1.87. The van der Waals surface area contributed by atoms with E-state index in [0.717, 1.165) is 18.4 Å². The molecular weight excluding hydrogens is 336 g/mol. The van der Waals surface area contributed by atoms with Gasteiger partial charge in [0, 0.05) is 6.54 Å². The molecule has 3 nitrogen and oxygen atoms in total. The third kappa shape index (κ3) is 6.06. The first-order valence-electron chi connectivity index (χ1n) is 5.70. The van der Waals surface area contributed by atoms with E-state index in [4.69, 9.17) is 0 Å². The summed E-state index contributed by atoms with van der Waals surface area (Å²) in [6.45, 7) is -0.254. The summed E-state index contributed by atoms with van der Waals surface area (Å²) in [5.41, 5.74) is -3.20. The smallest absolute Gasteiger partial charge is 0.213 e. The molecule has 10 heteroatoms. The van der Waals surface area contributed by atoms with Crippen LogP contribution in [0.3, 0.4) is 0 Å². The summed E-state index contributed by atoms with van der Waals surface area (Å²) in [6.07, 6.45) is -6.89. The number of hydrogen-bond donors (Lipinski definition) is 1. The number of sulfonamides is 1. The number of nitrogens with one attached hydrogen (secondary N) is 1. The molecule has 0 spiro atoms. The topological polar surface area (TPSA) is 46.2 Å². The van der Waals surface area contributed by atoms with Gasteiger partial charge in [0.1, 0.15) is 0 Å². The van der Waals surface area contributed by atoms with Crippen molar-refractivity contribution in [3.05, 3.63) is 41.0 Å². The maximum Gasteiger partial charge on any atom is 0.416 e. The van der Waals surface area contributed by atoms with E-state index in [0.29, 0.717) is 12.1 Å². The average molecular weight is 347 g/mol. The minimum atomic E-state index is -4.92.